The van der Waals surface area contributed by atoms with E-state index in [0.29, 0.717) is 0 Å². The summed E-state index contributed by atoms with van der Waals surface area (Å²) in [4.78, 5) is 1.18. The molecule has 0 amide bonds. The molecule has 1 heteroatoms. The third-order valence-electron chi connectivity index (χ3n) is 1.10. The van der Waals surface area contributed by atoms with Crippen LogP contribution in [0.4, 0.5) is 0 Å². The molecule has 1 aromatic rings. The zero-order valence-electron chi connectivity index (χ0n) is 3.56. The van der Waals surface area contributed by atoms with Gasteiger partial charge in [-0.3, -0.25) is 0 Å². The van der Waals surface area contributed by atoms with Crippen molar-refractivity contribution in [2.24, 2.45) is 0 Å². The fourth-order valence-corrected chi connectivity index (χ4v) is 1.45. The Labute approximate surface area is 46.1 Å². The number of hydrogen-bond donors (Lipinski definition) is 0. The van der Waals surface area contributed by atoms with Crippen molar-refractivity contribution in [2.45, 2.75) is 0 Å². The molecule has 1 aliphatic carbocycles. The summed E-state index contributed by atoms with van der Waals surface area (Å²) < 4.78 is 0. The zero-order valence-corrected chi connectivity index (χ0v) is 4.38. The Morgan fingerprint density at radius 3 is 2.71 bits per heavy atom. The van der Waals surface area contributed by atoms with E-state index >= 15 is 0 Å². The maximum atomic E-state index is 7.08. The maximum Gasteiger partial charge on any atom is 0.0434 e. The van der Waals surface area contributed by atoms with E-state index in [9.17, 15) is 0 Å². The lowest BCUT2D eigenvalue weighted by Crippen LogP contribution is -1.38. The van der Waals surface area contributed by atoms with Gasteiger partial charge in [0.25, 0.3) is 0 Å². The average Bonchev–Trinajstić information content (AvgIpc) is 2.26. The van der Waals surface area contributed by atoms with Crippen molar-refractivity contribution in [1.82, 2.24) is 0 Å². The van der Waals surface area contributed by atoms with Crippen molar-refractivity contribution < 1.29 is 0 Å². The van der Waals surface area contributed by atoms with Gasteiger partial charge in [-0.05, 0) is 11.4 Å². The molecule has 2 radical (unpaired) electrons. The summed E-state index contributed by atoms with van der Waals surface area (Å²) in [5.41, 5.74) is 1.91. The van der Waals surface area contributed by atoms with E-state index in [2.05, 4.69) is 0 Å². The van der Waals surface area contributed by atoms with Gasteiger partial charge in [0.2, 0.25) is 0 Å². The van der Waals surface area contributed by atoms with Crippen molar-refractivity contribution in [1.29, 1.82) is 0 Å². The zero-order chi connectivity index (χ0) is 4.85. The summed E-state index contributed by atoms with van der Waals surface area (Å²) in [6, 6.07) is 1.99. The monoisotopic (exact) mass is 106 g/mol. The summed E-state index contributed by atoms with van der Waals surface area (Å²) in [6.45, 7) is 7.08. The maximum absolute atomic E-state index is 7.08. The van der Waals surface area contributed by atoms with Crippen LogP contribution in [0.3, 0.4) is 0 Å². The van der Waals surface area contributed by atoms with Gasteiger partial charge in [-0.15, -0.1) is 11.3 Å². The van der Waals surface area contributed by atoms with Crippen molar-refractivity contribution in [2.75, 3.05) is 0 Å². The Hall–Kier alpha value is -0.560. The van der Waals surface area contributed by atoms with E-state index < -0.39 is 0 Å². The molecule has 0 saturated heterocycles. The van der Waals surface area contributed by atoms with E-state index in [-0.39, 0.29) is 0 Å². The lowest BCUT2D eigenvalue weighted by atomic mass is 10.5. The fraction of sp³-hybridized carbons (Fsp3) is 0. The molecule has 1 heterocycles. The molecule has 1 aromatic heterocycles. The molecule has 0 fully saturated rings. The van der Waals surface area contributed by atoms with Crippen LogP contribution in [0.15, 0.2) is 11.4 Å². The van der Waals surface area contributed by atoms with Crippen LogP contribution in [-0.4, -0.2) is 0 Å². The molecule has 1 aliphatic rings. The molecule has 0 aliphatic heterocycles. The molecule has 0 nitrogen and oxygen atoms in total. The Kier molecular flexibility index (Phi) is 0.403. The van der Waals surface area contributed by atoms with E-state index in [1.165, 1.54) is 4.88 Å². The third-order valence-corrected chi connectivity index (χ3v) is 2.03. The molecule has 0 aromatic carbocycles. The highest BCUT2D eigenvalue weighted by molar-refractivity contribution is 7.13. The predicted octanol–water partition coefficient (Wildman–Crippen LogP) is 1.80. The lowest BCUT2D eigenvalue weighted by Gasteiger charge is -1.62. The minimum Gasteiger partial charge on any atom is -0.143 e. The normalized spacial score (nSPS) is 14.0. The van der Waals surface area contributed by atoms with Crippen LogP contribution in [0.25, 0.3) is 5.57 Å². The Bertz CT molecular complexity index is 199. The first-order valence-electron chi connectivity index (χ1n) is 2.06. The fourth-order valence-electron chi connectivity index (χ4n) is 0.635. The Balaban J connectivity index is 2.80. The number of hydrogen-bond acceptors (Lipinski definition) is 1. The highest BCUT2D eigenvalue weighted by Gasteiger charge is 2.23. The van der Waals surface area contributed by atoms with Gasteiger partial charge in [-0.2, -0.15) is 0 Å². The number of rotatable bonds is 0. The molecule has 0 saturated carbocycles. The second kappa shape index (κ2) is 0.819. The first kappa shape index (κ1) is 3.44. The number of thiophene rings is 1. The average molecular weight is 106 g/mol. The molecule has 0 unspecified atom stereocenters. The van der Waals surface area contributed by atoms with Crippen LogP contribution in [0.2, 0.25) is 0 Å². The van der Waals surface area contributed by atoms with Crippen molar-refractivity contribution >= 4 is 16.9 Å². The van der Waals surface area contributed by atoms with Gasteiger partial charge >= 0.3 is 0 Å². The van der Waals surface area contributed by atoms with Crippen molar-refractivity contribution in [3.63, 3.8) is 0 Å². The first-order valence-corrected chi connectivity index (χ1v) is 2.94. The molecule has 0 atom stereocenters. The van der Waals surface area contributed by atoms with Crippen LogP contribution in [-0.2, 0) is 0 Å². The SMILES string of the molecule is [C]=C1c2ccsc21. The van der Waals surface area contributed by atoms with Crippen LogP contribution < -0.4 is 0 Å². The number of fused-ring (bicyclic) bond motifs is 1. The molecule has 7 heavy (non-hydrogen) atoms. The summed E-state index contributed by atoms with van der Waals surface area (Å²) >= 11 is 1.65. The molecule has 2 rings (SSSR count). The molecule has 32 valence electrons. The predicted molar refractivity (Wildman–Crippen MR) is 30.1 cm³/mol. The van der Waals surface area contributed by atoms with Gasteiger partial charge in [0.05, 0.1) is 0 Å². The standard InChI is InChI=1S/C6H2S/c1-4-5-2-3-7-6(4)5/h2-3H. The minimum absolute atomic E-state index is 0.757. The Morgan fingerprint density at radius 1 is 1.57 bits per heavy atom. The molecular weight excluding hydrogens is 104 g/mol. The minimum atomic E-state index is 0.757. The topological polar surface area (TPSA) is 0 Å². The summed E-state index contributed by atoms with van der Waals surface area (Å²) in [5, 5.41) is 2.02. The van der Waals surface area contributed by atoms with E-state index in [0.717, 1.165) is 11.1 Å². The first-order chi connectivity index (χ1) is 3.39. The molecule has 0 bridgehead atoms. The smallest absolute Gasteiger partial charge is 0.0434 e. The van der Waals surface area contributed by atoms with Gasteiger partial charge < -0.3 is 0 Å². The third kappa shape index (κ3) is 0.270. The summed E-state index contributed by atoms with van der Waals surface area (Å²) in [5.74, 6) is 0. The largest absolute Gasteiger partial charge is 0.143 e. The van der Waals surface area contributed by atoms with Gasteiger partial charge in [-0.1, -0.05) is 0 Å². The second-order valence-corrected chi connectivity index (χ2v) is 2.45. The highest BCUT2D eigenvalue weighted by Crippen LogP contribution is 2.44. The van der Waals surface area contributed by atoms with Crippen LogP contribution in [0.1, 0.15) is 10.4 Å². The second-order valence-electron chi connectivity index (χ2n) is 1.54. The van der Waals surface area contributed by atoms with Gasteiger partial charge in [-0.25, -0.2) is 0 Å². The summed E-state index contributed by atoms with van der Waals surface area (Å²) in [6.07, 6.45) is 0. The van der Waals surface area contributed by atoms with Gasteiger partial charge in [0.15, 0.2) is 0 Å². The quantitative estimate of drug-likeness (QED) is 0.480. The van der Waals surface area contributed by atoms with Crippen LogP contribution >= 0.6 is 11.3 Å². The van der Waals surface area contributed by atoms with Gasteiger partial charge in [0, 0.05) is 22.6 Å². The molecule has 0 N–H and O–H groups in total. The Morgan fingerprint density at radius 2 is 2.43 bits per heavy atom. The van der Waals surface area contributed by atoms with E-state index in [4.69, 9.17) is 6.58 Å². The van der Waals surface area contributed by atoms with Gasteiger partial charge in [0.1, 0.15) is 0 Å². The molecule has 0 spiro atoms. The summed E-state index contributed by atoms with van der Waals surface area (Å²) in [7, 11) is 0. The lowest BCUT2D eigenvalue weighted by molar-refractivity contribution is 2.04. The van der Waals surface area contributed by atoms with Crippen LogP contribution in [0.5, 0.6) is 0 Å². The van der Waals surface area contributed by atoms with Crippen molar-refractivity contribution in [3.05, 3.63) is 28.5 Å². The van der Waals surface area contributed by atoms with Crippen LogP contribution in [0, 0.1) is 6.58 Å². The van der Waals surface area contributed by atoms with E-state index in [1.807, 2.05) is 11.4 Å². The highest BCUT2D eigenvalue weighted by atomic mass is 32.1. The van der Waals surface area contributed by atoms with Crippen molar-refractivity contribution in [3.8, 4) is 0 Å². The van der Waals surface area contributed by atoms with E-state index in [1.54, 1.807) is 11.3 Å². The molecular formula is C6H2S.